The molecule has 0 radical (unpaired) electrons. The number of halogens is 1. The summed E-state index contributed by atoms with van der Waals surface area (Å²) in [5.41, 5.74) is -0.0232. The Kier molecular flexibility index (Phi) is 2.36. The third-order valence-electron chi connectivity index (χ3n) is 1.92. The predicted octanol–water partition coefficient (Wildman–Crippen LogP) is 2.39. The Hall–Kier alpha value is 0.250. The van der Waals surface area contributed by atoms with E-state index in [0.717, 1.165) is 12.8 Å². The highest BCUT2D eigenvalue weighted by Gasteiger charge is 2.28. The third-order valence-corrected chi connectivity index (χ3v) is 2.20. The standard InChI is InChI=1S/C7H13ClO/c1-3-6-5(2)4-7(8)9-6/h5-7H,3-4H2,1-2H3/t5-,6-,7-/m1/s1. The van der Waals surface area contributed by atoms with Gasteiger partial charge in [-0.2, -0.15) is 0 Å². The molecular weight excluding hydrogens is 136 g/mol. The lowest BCUT2D eigenvalue weighted by atomic mass is 10.0. The van der Waals surface area contributed by atoms with Crippen molar-refractivity contribution >= 4 is 11.6 Å². The van der Waals surface area contributed by atoms with E-state index in [4.69, 9.17) is 16.3 Å². The molecule has 0 aromatic heterocycles. The van der Waals surface area contributed by atoms with Gasteiger partial charge in [-0.05, 0) is 18.8 Å². The molecular formula is C7H13ClO. The monoisotopic (exact) mass is 148 g/mol. The van der Waals surface area contributed by atoms with E-state index in [1.807, 2.05) is 0 Å². The molecule has 1 aliphatic rings. The quantitative estimate of drug-likeness (QED) is 0.519. The summed E-state index contributed by atoms with van der Waals surface area (Å²) in [5.74, 6) is 0.650. The van der Waals surface area contributed by atoms with Crippen LogP contribution in [0.4, 0.5) is 0 Å². The van der Waals surface area contributed by atoms with Crippen molar-refractivity contribution in [1.82, 2.24) is 0 Å². The molecule has 1 nitrogen and oxygen atoms in total. The van der Waals surface area contributed by atoms with Gasteiger partial charge in [0.15, 0.2) is 0 Å². The van der Waals surface area contributed by atoms with Gasteiger partial charge in [0.2, 0.25) is 0 Å². The van der Waals surface area contributed by atoms with Crippen molar-refractivity contribution < 1.29 is 4.74 Å². The SMILES string of the molecule is CC[C@H]1O[C@@H](Cl)C[C@H]1C. The first-order chi connectivity index (χ1) is 4.24. The second-order valence-corrected chi connectivity index (χ2v) is 3.19. The van der Waals surface area contributed by atoms with Crippen LogP contribution in [0, 0.1) is 5.92 Å². The Morgan fingerprint density at radius 3 is 2.56 bits per heavy atom. The summed E-state index contributed by atoms with van der Waals surface area (Å²) < 4.78 is 5.39. The fourth-order valence-corrected chi connectivity index (χ4v) is 1.74. The second-order valence-electron chi connectivity index (χ2n) is 2.71. The van der Waals surface area contributed by atoms with Gasteiger partial charge >= 0.3 is 0 Å². The topological polar surface area (TPSA) is 9.23 Å². The van der Waals surface area contributed by atoms with Gasteiger partial charge < -0.3 is 4.74 Å². The average molecular weight is 149 g/mol. The van der Waals surface area contributed by atoms with Crippen LogP contribution < -0.4 is 0 Å². The molecule has 9 heavy (non-hydrogen) atoms. The molecule has 1 fully saturated rings. The lowest BCUT2D eigenvalue weighted by Crippen LogP contribution is -2.11. The molecule has 0 aromatic rings. The molecule has 0 aliphatic carbocycles. The fourth-order valence-electron chi connectivity index (χ4n) is 1.32. The third kappa shape index (κ3) is 1.59. The van der Waals surface area contributed by atoms with Crippen LogP contribution in [-0.2, 0) is 4.74 Å². The van der Waals surface area contributed by atoms with E-state index in [1.54, 1.807) is 0 Å². The molecule has 0 aromatic carbocycles. The highest BCUT2D eigenvalue weighted by Crippen LogP contribution is 2.29. The average Bonchev–Trinajstić information content (AvgIpc) is 2.10. The fraction of sp³-hybridized carbons (Fsp3) is 1.00. The minimum Gasteiger partial charge on any atom is -0.359 e. The van der Waals surface area contributed by atoms with Crippen molar-refractivity contribution in [3.63, 3.8) is 0 Å². The van der Waals surface area contributed by atoms with Gasteiger partial charge in [0.1, 0.15) is 5.56 Å². The van der Waals surface area contributed by atoms with Crippen molar-refractivity contribution in [2.75, 3.05) is 0 Å². The second kappa shape index (κ2) is 2.89. The molecule has 3 atom stereocenters. The molecule has 0 spiro atoms. The summed E-state index contributed by atoms with van der Waals surface area (Å²) in [7, 11) is 0. The largest absolute Gasteiger partial charge is 0.359 e. The van der Waals surface area contributed by atoms with E-state index >= 15 is 0 Å². The summed E-state index contributed by atoms with van der Waals surface area (Å²) in [6.45, 7) is 4.33. The zero-order chi connectivity index (χ0) is 6.85. The number of hydrogen-bond donors (Lipinski definition) is 0. The molecule has 1 rings (SSSR count). The van der Waals surface area contributed by atoms with E-state index in [0.29, 0.717) is 12.0 Å². The Labute approximate surface area is 61.3 Å². The van der Waals surface area contributed by atoms with Crippen LogP contribution >= 0.6 is 11.6 Å². The maximum Gasteiger partial charge on any atom is 0.131 e. The lowest BCUT2D eigenvalue weighted by Gasteiger charge is -2.09. The van der Waals surface area contributed by atoms with Gasteiger partial charge in [0.25, 0.3) is 0 Å². The molecule has 1 aliphatic heterocycles. The van der Waals surface area contributed by atoms with E-state index in [9.17, 15) is 0 Å². The normalized spacial score (nSPS) is 43.7. The lowest BCUT2D eigenvalue weighted by molar-refractivity contribution is 0.0721. The molecule has 0 N–H and O–H groups in total. The van der Waals surface area contributed by atoms with Crippen LogP contribution in [0.25, 0.3) is 0 Å². The minimum atomic E-state index is -0.0232. The molecule has 0 saturated carbocycles. The summed E-state index contributed by atoms with van der Waals surface area (Å²) in [6, 6.07) is 0. The van der Waals surface area contributed by atoms with Crippen molar-refractivity contribution in [1.29, 1.82) is 0 Å². The van der Waals surface area contributed by atoms with Gasteiger partial charge in [-0.1, -0.05) is 25.4 Å². The van der Waals surface area contributed by atoms with Crippen molar-refractivity contribution in [2.24, 2.45) is 5.92 Å². The Balaban J connectivity index is 2.38. The smallest absolute Gasteiger partial charge is 0.131 e. The van der Waals surface area contributed by atoms with Gasteiger partial charge in [-0.25, -0.2) is 0 Å². The van der Waals surface area contributed by atoms with E-state index in [1.165, 1.54) is 0 Å². The minimum absolute atomic E-state index is 0.0232. The van der Waals surface area contributed by atoms with Gasteiger partial charge in [-0.3, -0.25) is 0 Å². The van der Waals surface area contributed by atoms with Gasteiger partial charge in [0, 0.05) is 0 Å². The Morgan fingerprint density at radius 1 is 1.67 bits per heavy atom. The van der Waals surface area contributed by atoms with Crippen LogP contribution in [0.1, 0.15) is 26.7 Å². The van der Waals surface area contributed by atoms with Crippen molar-refractivity contribution in [3.8, 4) is 0 Å². The van der Waals surface area contributed by atoms with Crippen LogP contribution in [0.5, 0.6) is 0 Å². The zero-order valence-electron chi connectivity index (χ0n) is 5.93. The Morgan fingerprint density at radius 2 is 2.33 bits per heavy atom. The highest BCUT2D eigenvalue weighted by atomic mass is 35.5. The molecule has 0 bridgehead atoms. The van der Waals surface area contributed by atoms with Crippen LogP contribution in [0.3, 0.4) is 0 Å². The first-order valence-electron chi connectivity index (χ1n) is 3.53. The van der Waals surface area contributed by atoms with Gasteiger partial charge in [0.05, 0.1) is 6.10 Å². The first-order valence-corrected chi connectivity index (χ1v) is 3.97. The van der Waals surface area contributed by atoms with E-state index < -0.39 is 0 Å². The molecule has 0 unspecified atom stereocenters. The predicted molar refractivity (Wildman–Crippen MR) is 38.6 cm³/mol. The molecule has 54 valence electrons. The maximum atomic E-state index is 5.76. The highest BCUT2D eigenvalue weighted by molar-refractivity contribution is 6.19. The number of rotatable bonds is 1. The number of alkyl halides is 1. The number of ether oxygens (including phenoxy) is 1. The summed E-state index contributed by atoms with van der Waals surface area (Å²) in [6.07, 6.45) is 2.51. The Bertz CT molecular complexity index is 94.9. The number of hydrogen-bond acceptors (Lipinski definition) is 1. The maximum absolute atomic E-state index is 5.76. The molecule has 1 saturated heterocycles. The van der Waals surface area contributed by atoms with E-state index in [-0.39, 0.29) is 5.56 Å². The van der Waals surface area contributed by atoms with Crippen LogP contribution in [0.2, 0.25) is 0 Å². The first kappa shape index (κ1) is 7.36. The van der Waals surface area contributed by atoms with Crippen molar-refractivity contribution in [2.45, 2.75) is 38.4 Å². The summed E-state index contributed by atoms with van der Waals surface area (Å²) in [5, 5.41) is 0. The van der Waals surface area contributed by atoms with Gasteiger partial charge in [-0.15, -0.1) is 0 Å². The van der Waals surface area contributed by atoms with E-state index in [2.05, 4.69) is 13.8 Å². The molecule has 1 heterocycles. The zero-order valence-corrected chi connectivity index (χ0v) is 6.69. The molecule has 2 heteroatoms. The summed E-state index contributed by atoms with van der Waals surface area (Å²) >= 11 is 5.76. The molecule has 0 amide bonds. The van der Waals surface area contributed by atoms with Crippen molar-refractivity contribution in [3.05, 3.63) is 0 Å². The summed E-state index contributed by atoms with van der Waals surface area (Å²) in [4.78, 5) is 0. The van der Waals surface area contributed by atoms with Crippen LogP contribution in [-0.4, -0.2) is 11.7 Å². The van der Waals surface area contributed by atoms with Crippen LogP contribution in [0.15, 0.2) is 0 Å².